The lowest BCUT2D eigenvalue weighted by Crippen LogP contribution is -2.14. The maximum Gasteiger partial charge on any atom is 0.426 e. The zero-order valence-electron chi connectivity index (χ0n) is 17.0. The summed E-state index contributed by atoms with van der Waals surface area (Å²) in [6.07, 6.45) is -4.43. The van der Waals surface area contributed by atoms with Crippen molar-refractivity contribution in [1.82, 2.24) is 0 Å². The van der Waals surface area contributed by atoms with Gasteiger partial charge in [-0.15, -0.1) is 0 Å². The number of halogens is 5. The van der Waals surface area contributed by atoms with E-state index in [0.717, 1.165) is 6.08 Å². The molecule has 2 aromatic rings. The van der Waals surface area contributed by atoms with Crippen LogP contribution in [0.4, 0.5) is 17.6 Å². The Balaban J connectivity index is 1.67. The van der Waals surface area contributed by atoms with E-state index < -0.39 is 46.3 Å². The highest BCUT2D eigenvalue weighted by molar-refractivity contribution is 6.30. The average Bonchev–Trinajstić information content (AvgIpc) is 3.21. The number of hydrogen-bond acceptors (Lipinski definition) is 3. The van der Waals surface area contributed by atoms with Crippen LogP contribution < -0.4 is 4.74 Å². The number of carbonyl (C=O) groups is 1. The lowest BCUT2D eigenvalue weighted by atomic mass is 10.1. The van der Waals surface area contributed by atoms with Gasteiger partial charge in [0.05, 0.1) is 5.92 Å². The van der Waals surface area contributed by atoms with Crippen LogP contribution in [0.15, 0.2) is 59.6 Å². The molecule has 166 valence electrons. The summed E-state index contributed by atoms with van der Waals surface area (Å²) in [6.45, 7) is 5.04. The number of benzene rings is 2. The minimum Gasteiger partial charge on any atom is -0.458 e. The molecule has 0 spiro atoms. The molecule has 31 heavy (non-hydrogen) atoms. The first-order valence-corrected chi connectivity index (χ1v) is 9.96. The second-order valence-electron chi connectivity index (χ2n) is 8.05. The van der Waals surface area contributed by atoms with Gasteiger partial charge in [0.15, 0.2) is 0 Å². The molecule has 0 aromatic heterocycles. The highest BCUT2D eigenvalue weighted by Gasteiger charge is 2.62. The summed E-state index contributed by atoms with van der Waals surface area (Å²) in [6, 6.07) is 12.4. The van der Waals surface area contributed by atoms with Gasteiger partial charge < -0.3 is 9.47 Å². The monoisotopic (exact) mass is 456 g/mol. The fraction of sp³-hybridized carbons (Fsp3) is 0.348. The van der Waals surface area contributed by atoms with Crippen LogP contribution >= 0.6 is 11.6 Å². The maximum atomic E-state index is 13.3. The van der Waals surface area contributed by atoms with Crippen molar-refractivity contribution < 1.29 is 31.8 Å². The van der Waals surface area contributed by atoms with E-state index in [1.807, 2.05) is 0 Å². The summed E-state index contributed by atoms with van der Waals surface area (Å²) >= 11 is 5.33. The van der Waals surface area contributed by atoms with Crippen molar-refractivity contribution in [3.63, 3.8) is 0 Å². The van der Waals surface area contributed by atoms with Crippen LogP contribution in [0.2, 0.25) is 0 Å². The second-order valence-corrected chi connectivity index (χ2v) is 8.46. The molecule has 1 saturated carbocycles. The molecule has 8 heteroatoms. The van der Waals surface area contributed by atoms with Gasteiger partial charge in [-0.25, -0.2) is 4.39 Å². The van der Waals surface area contributed by atoms with Crippen molar-refractivity contribution in [3.8, 4) is 11.5 Å². The molecule has 3 nitrogen and oxygen atoms in total. The summed E-state index contributed by atoms with van der Waals surface area (Å²) in [7, 11) is 0. The second kappa shape index (κ2) is 8.54. The number of allylic oxidation sites excluding steroid dienone is 2. The van der Waals surface area contributed by atoms with Crippen LogP contribution in [0, 0.1) is 23.1 Å². The molecule has 3 atom stereocenters. The minimum atomic E-state index is -4.65. The largest absolute Gasteiger partial charge is 0.458 e. The maximum absolute atomic E-state index is 13.3. The Morgan fingerprint density at radius 2 is 1.74 bits per heavy atom. The molecule has 1 aliphatic carbocycles. The number of ether oxygens (including phenoxy) is 2. The van der Waals surface area contributed by atoms with E-state index in [0.29, 0.717) is 17.1 Å². The molecule has 2 aromatic carbocycles. The zero-order valence-corrected chi connectivity index (χ0v) is 17.8. The van der Waals surface area contributed by atoms with E-state index >= 15 is 0 Å². The molecular formula is C23H21ClF4O3. The molecule has 0 bridgehead atoms. The van der Waals surface area contributed by atoms with Gasteiger partial charge in [0.1, 0.15) is 28.5 Å². The smallest absolute Gasteiger partial charge is 0.426 e. The Morgan fingerprint density at radius 3 is 2.35 bits per heavy atom. The van der Waals surface area contributed by atoms with Crippen molar-refractivity contribution in [2.45, 2.75) is 33.1 Å². The Hall–Kier alpha value is -2.54. The summed E-state index contributed by atoms with van der Waals surface area (Å²) in [5.41, 5.74) is -0.0639. The first-order valence-electron chi connectivity index (χ1n) is 9.58. The number of esters is 1. The van der Waals surface area contributed by atoms with E-state index in [9.17, 15) is 22.4 Å². The molecule has 1 fully saturated rings. The normalized spacial score (nSPS) is 21.4. The van der Waals surface area contributed by atoms with Gasteiger partial charge in [0.25, 0.3) is 0 Å². The zero-order chi connectivity index (χ0) is 23.0. The topological polar surface area (TPSA) is 35.5 Å². The van der Waals surface area contributed by atoms with Crippen LogP contribution in [0.1, 0.15) is 32.4 Å². The number of hydrogen-bond donors (Lipinski definition) is 0. The Bertz CT molecular complexity index is 1000. The van der Waals surface area contributed by atoms with Crippen molar-refractivity contribution >= 4 is 17.6 Å². The molecule has 0 amide bonds. The minimum absolute atomic E-state index is 0.317. The molecule has 0 heterocycles. The first-order chi connectivity index (χ1) is 14.4. The summed E-state index contributed by atoms with van der Waals surface area (Å²) < 4.78 is 62.6. The molecule has 3 rings (SSSR count). The fourth-order valence-corrected chi connectivity index (χ4v) is 3.64. The lowest BCUT2D eigenvalue weighted by molar-refractivity contribution is -0.151. The van der Waals surface area contributed by atoms with Gasteiger partial charge in [0.2, 0.25) is 0 Å². The summed E-state index contributed by atoms with van der Waals surface area (Å²) in [5.74, 6) is -1.67. The molecule has 0 N–H and O–H groups in total. The van der Waals surface area contributed by atoms with Crippen LogP contribution in [-0.4, -0.2) is 12.1 Å². The van der Waals surface area contributed by atoms with E-state index in [-0.39, 0.29) is 0 Å². The highest BCUT2D eigenvalue weighted by atomic mass is 35.5. The predicted octanol–water partition coefficient (Wildman–Crippen LogP) is 7.18. The average molecular weight is 457 g/mol. The van der Waals surface area contributed by atoms with Crippen LogP contribution in [0.25, 0.3) is 0 Å². The molecule has 0 radical (unpaired) electrons. The van der Waals surface area contributed by atoms with Crippen LogP contribution in [0.5, 0.6) is 11.5 Å². The third-order valence-corrected chi connectivity index (χ3v) is 5.75. The summed E-state index contributed by atoms with van der Waals surface area (Å²) in [5, 5.41) is -1.24. The molecular weight excluding hydrogens is 436 g/mol. The van der Waals surface area contributed by atoms with Crippen molar-refractivity contribution in [2.24, 2.45) is 17.3 Å². The van der Waals surface area contributed by atoms with E-state index in [2.05, 4.69) is 0 Å². The SMILES string of the molecule is CC(OC(=O)C1C(C=C(Cl)C(F)(F)F)C1(C)C)c1cccc(Oc2cccc(F)c2)c1. The Morgan fingerprint density at radius 1 is 1.13 bits per heavy atom. The van der Waals surface area contributed by atoms with Gasteiger partial charge in [-0.2, -0.15) is 13.2 Å². The fourth-order valence-electron chi connectivity index (χ4n) is 3.50. The molecule has 3 unspecified atom stereocenters. The molecule has 0 saturated heterocycles. The molecule has 0 aliphatic heterocycles. The van der Waals surface area contributed by atoms with Gasteiger partial charge in [-0.3, -0.25) is 4.79 Å². The standard InChI is InChI=1S/C23H21ClF4O3/c1-13(14-6-4-8-16(10-14)31-17-9-5-7-15(25)11-17)30-21(29)20-18(22(20,2)3)12-19(24)23(26,27)28/h4-13,18,20H,1-3H3. The number of alkyl halides is 3. The first kappa shape index (κ1) is 23.1. The third-order valence-electron chi connectivity index (χ3n) is 5.41. The van der Waals surface area contributed by atoms with Crippen molar-refractivity contribution in [1.29, 1.82) is 0 Å². The van der Waals surface area contributed by atoms with Gasteiger partial charge in [-0.1, -0.05) is 49.7 Å². The van der Waals surface area contributed by atoms with E-state index in [4.69, 9.17) is 21.1 Å². The Labute approximate surface area is 182 Å². The highest BCUT2D eigenvalue weighted by Crippen LogP contribution is 2.60. The summed E-state index contributed by atoms with van der Waals surface area (Å²) in [4.78, 5) is 12.6. The lowest BCUT2D eigenvalue weighted by Gasteiger charge is -2.15. The quantitative estimate of drug-likeness (QED) is 0.341. The van der Waals surface area contributed by atoms with Crippen molar-refractivity contribution in [3.05, 3.63) is 71.0 Å². The van der Waals surface area contributed by atoms with Gasteiger partial charge >= 0.3 is 12.1 Å². The van der Waals surface area contributed by atoms with Gasteiger partial charge in [0, 0.05) is 6.07 Å². The van der Waals surface area contributed by atoms with E-state index in [1.54, 1.807) is 51.1 Å². The van der Waals surface area contributed by atoms with Crippen LogP contribution in [-0.2, 0) is 9.53 Å². The van der Waals surface area contributed by atoms with Gasteiger partial charge in [-0.05, 0) is 48.1 Å². The molecule has 1 aliphatic rings. The van der Waals surface area contributed by atoms with Crippen molar-refractivity contribution in [2.75, 3.05) is 0 Å². The number of carbonyl (C=O) groups excluding carboxylic acids is 1. The third kappa shape index (κ3) is 5.39. The van der Waals surface area contributed by atoms with E-state index in [1.165, 1.54) is 18.2 Å². The predicted molar refractivity (Wildman–Crippen MR) is 108 cm³/mol. The Kier molecular flexibility index (Phi) is 6.37. The van der Waals surface area contributed by atoms with Crippen LogP contribution in [0.3, 0.4) is 0 Å². The number of rotatable bonds is 6.